The Morgan fingerprint density at radius 3 is 2.86 bits per heavy atom. The van der Waals surface area contributed by atoms with Crippen LogP contribution < -0.4 is 15.8 Å². The molecule has 9 nitrogen and oxygen atoms in total. The Hall–Kier alpha value is -3.04. The van der Waals surface area contributed by atoms with Gasteiger partial charge >= 0.3 is 0 Å². The van der Waals surface area contributed by atoms with Crippen LogP contribution in [-0.2, 0) is 26.2 Å². The average molecular weight is 493 g/mol. The summed E-state index contributed by atoms with van der Waals surface area (Å²) >= 11 is 0. The molecule has 3 amide bonds. The third-order valence-electron chi connectivity index (χ3n) is 9.04. The zero-order valence-corrected chi connectivity index (χ0v) is 20.5. The molecule has 1 aromatic rings. The Bertz CT molecular complexity index is 1220. The van der Waals surface area contributed by atoms with Crippen LogP contribution in [0.2, 0.25) is 0 Å². The second-order valence-electron chi connectivity index (χ2n) is 11.1. The van der Waals surface area contributed by atoms with Crippen molar-refractivity contribution in [2.24, 2.45) is 22.6 Å². The van der Waals surface area contributed by atoms with Crippen molar-refractivity contribution in [3.05, 3.63) is 41.0 Å². The Balaban J connectivity index is 1.40. The van der Waals surface area contributed by atoms with Gasteiger partial charge in [-0.2, -0.15) is 0 Å². The van der Waals surface area contributed by atoms with Gasteiger partial charge in [0.05, 0.1) is 19.3 Å². The normalized spacial score (nSPS) is 32.9. The van der Waals surface area contributed by atoms with Gasteiger partial charge in [-0.05, 0) is 74.2 Å². The van der Waals surface area contributed by atoms with E-state index in [1.165, 1.54) is 18.4 Å². The zero-order chi connectivity index (χ0) is 25.2. The van der Waals surface area contributed by atoms with Gasteiger partial charge in [0.1, 0.15) is 11.3 Å². The third-order valence-corrected chi connectivity index (χ3v) is 9.04. The summed E-state index contributed by atoms with van der Waals surface area (Å²) in [7, 11) is 1.64. The number of ether oxygens (including phenoxy) is 1. The summed E-state index contributed by atoms with van der Waals surface area (Å²) in [6, 6.07) is 6.10. The first-order valence-corrected chi connectivity index (χ1v) is 12.8. The molecule has 2 aliphatic heterocycles. The number of dihydropyridines is 1. The predicted octanol–water partition coefficient (Wildman–Crippen LogP) is 0.624. The number of hydrogen-bond donors (Lipinski definition) is 3. The molecule has 3 fully saturated rings. The lowest BCUT2D eigenvalue weighted by atomic mass is 9.47. The molecular weight excluding hydrogens is 460 g/mol. The Morgan fingerprint density at radius 2 is 2.14 bits per heavy atom. The van der Waals surface area contributed by atoms with Crippen LogP contribution in [0.4, 0.5) is 0 Å². The van der Waals surface area contributed by atoms with E-state index in [-0.39, 0.29) is 24.1 Å². The molecule has 5 aliphatic rings. The molecule has 190 valence electrons. The number of hydrogen-bond acceptors (Lipinski definition) is 6. The number of benzene rings is 1. The second-order valence-corrected chi connectivity index (χ2v) is 11.1. The molecule has 0 aromatic heterocycles. The van der Waals surface area contributed by atoms with E-state index in [1.807, 2.05) is 6.07 Å². The molecule has 9 heteroatoms. The second kappa shape index (κ2) is 8.24. The van der Waals surface area contributed by atoms with Gasteiger partial charge in [0, 0.05) is 29.6 Å². The van der Waals surface area contributed by atoms with Crippen LogP contribution >= 0.6 is 0 Å². The number of amides is 3. The lowest BCUT2D eigenvalue weighted by Gasteiger charge is -2.65. The number of nitrogens with two attached hydrogens (primary N) is 1. The van der Waals surface area contributed by atoms with Crippen LogP contribution in [0.25, 0.3) is 0 Å². The standard InChI is InChI=1S/C27H32N4O5/c1-36-18-5-4-16-9-22-27(35)11-17-8-19(24(33)29-13-23(28)32)25(34)30-21(17)12-26(27,20(16)10-18)6-7-31(22)14-15-2-3-15/h4-5,8,10,15,17,22,35H,2-3,6-7,9,11-14H2,1H3,(H2,28,32)(H,29,33)/t17?,22-,26-,27-/m1/s1. The fourth-order valence-electron chi connectivity index (χ4n) is 7.10. The van der Waals surface area contributed by atoms with Gasteiger partial charge in [-0.3, -0.25) is 19.3 Å². The smallest absolute Gasteiger partial charge is 0.282 e. The topological polar surface area (TPSA) is 134 Å². The van der Waals surface area contributed by atoms with Gasteiger partial charge in [0.15, 0.2) is 0 Å². The van der Waals surface area contributed by atoms with Crippen molar-refractivity contribution in [2.45, 2.75) is 55.6 Å². The van der Waals surface area contributed by atoms with Crippen LogP contribution in [0.1, 0.15) is 43.2 Å². The number of piperidine rings is 1. The summed E-state index contributed by atoms with van der Waals surface area (Å²) in [5.41, 5.74) is 6.43. The van der Waals surface area contributed by atoms with Crippen LogP contribution in [0.3, 0.4) is 0 Å². The molecule has 1 saturated heterocycles. The Kier molecular flexibility index (Phi) is 5.35. The first-order valence-electron chi connectivity index (χ1n) is 12.8. The van der Waals surface area contributed by atoms with E-state index < -0.39 is 28.7 Å². The van der Waals surface area contributed by atoms with E-state index in [4.69, 9.17) is 10.5 Å². The van der Waals surface area contributed by atoms with Gasteiger partial charge in [-0.25, -0.2) is 4.99 Å². The number of allylic oxidation sites excluding steroid dienone is 1. The number of carbonyl (C=O) groups excluding carboxylic acids is 3. The molecule has 4 atom stereocenters. The van der Waals surface area contributed by atoms with Crippen molar-refractivity contribution in [3.63, 3.8) is 0 Å². The minimum Gasteiger partial charge on any atom is -0.497 e. The molecule has 36 heavy (non-hydrogen) atoms. The molecule has 2 heterocycles. The van der Waals surface area contributed by atoms with E-state index in [1.54, 1.807) is 13.2 Å². The van der Waals surface area contributed by atoms with Crippen molar-refractivity contribution in [1.82, 2.24) is 10.2 Å². The number of rotatable bonds is 6. The maximum Gasteiger partial charge on any atom is 0.282 e. The number of carbonyl (C=O) groups is 3. The predicted molar refractivity (Wildman–Crippen MR) is 131 cm³/mol. The highest BCUT2D eigenvalue weighted by Crippen LogP contribution is 2.59. The molecule has 0 spiro atoms. The average Bonchev–Trinajstić information content (AvgIpc) is 3.66. The molecule has 4 N–H and O–H groups in total. The van der Waals surface area contributed by atoms with Gasteiger partial charge < -0.3 is 20.9 Å². The molecular formula is C27H32N4O5. The van der Waals surface area contributed by atoms with Crippen molar-refractivity contribution in [3.8, 4) is 5.75 Å². The van der Waals surface area contributed by atoms with Crippen molar-refractivity contribution in [1.29, 1.82) is 0 Å². The molecule has 3 aliphatic carbocycles. The van der Waals surface area contributed by atoms with Crippen molar-refractivity contribution in [2.75, 3.05) is 26.7 Å². The summed E-state index contributed by atoms with van der Waals surface area (Å²) in [6.45, 7) is 1.53. The van der Waals surface area contributed by atoms with Crippen LogP contribution in [0.5, 0.6) is 5.75 Å². The molecule has 2 bridgehead atoms. The maximum atomic E-state index is 12.8. The zero-order valence-electron chi connectivity index (χ0n) is 20.5. The van der Waals surface area contributed by atoms with Crippen molar-refractivity contribution >= 4 is 23.4 Å². The number of nitrogens with one attached hydrogen (secondary N) is 1. The number of fused-ring (bicyclic) bond motifs is 2. The number of nitrogens with zero attached hydrogens (tertiary/aromatic N) is 2. The van der Waals surface area contributed by atoms with Crippen LogP contribution in [-0.4, -0.2) is 71.8 Å². The molecule has 1 aromatic carbocycles. The minimum absolute atomic E-state index is 0.0486. The summed E-state index contributed by atoms with van der Waals surface area (Å²) in [5, 5.41) is 15.1. The lowest BCUT2D eigenvalue weighted by molar-refractivity contribution is -0.158. The van der Waals surface area contributed by atoms with Crippen molar-refractivity contribution < 1.29 is 24.2 Å². The van der Waals surface area contributed by atoms with E-state index in [2.05, 4.69) is 27.3 Å². The van der Waals surface area contributed by atoms with E-state index >= 15 is 0 Å². The number of methoxy groups -OCH3 is 1. The summed E-state index contributed by atoms with van der Waals surface area (Å²) < 4.78 is 5.55. The van der Waals surface area contributed by atoms with Crippen LogP contribution in [0, 0.1) is 11.8 Å². The Morgan fingerprint density at radius 1 is 1.33 bits per heavy atom. The largest absolute Gasteiger partial charge is 0.497 e. The summed E-state index contributed by atoms with van der Waals surface area (Å²) in [5.74, 6) is -0.846. The fourth-order valence-corrected chi connectivity index (χ4v) is 7.10. The van der Waals surface area contributed by atoms with Gasteiger partial charge in [0.2, 0.25) is 5.91 Å². The summed E-state index contributed by atoms with van der Waals surface area (Å²) in [6.07, 6.45) is 6.48. The summed E-state index contributed by atoms with van der Waals surface area (Å²) in [4.78, 5) is 43.4. The van der Waals surface area contributed by atoms with Gasteiger partial charge in [0.25, 0.3) is 11.8 Å². The maximum absolute atomic E-state index is 12.8. The SMILES string of the molecule is COc1ccc2c(c1)[C@]13CCN(CC4CC4)[C@H](C2)[C@]1(O)CC1C=C(C(=O)NCC(N)=O)C(=O)N=C1C3. The highest BCUT2D eigenvalue weighted by atomic mass is 16.5. The van der Waals surface area contributed by atoms with E-state index in [9.17, 15) is 19.5 Å². The molecule has 2 saturated carbocycles. The van der Waals surface area contributed by atoms with Gasteiger partial charge in [-0.1, -0.05) is 12.1 Å². The fraction of sp³-hybridized carbons (Fsp3) is 0.556. The lowest BCUT2D eigenvalue weighted by Crippen LogP contribution is -2.74. The quantitative estimate of drug-likeness (QED) is 0.499. The number of aliphatic hydroxyl groups is 1. The first-order chi connectivity index (χ1) is 17.2. The monoisotopic (exact) mass is 492 g/mol. The molecule has 1 unspecified atom stereocenters. The first kappa shape index (κ1) is 23.4. The van der Waals surface area contributed by atoms with E-state index in [0.717, 1.165) is 37.2 Å². The number of likely N-dealkylation sites (tertiary alicyclic amines) is 1. The van der Waals surface area contributed by atoms with Gasteiger partial charge in [-0.15, -0.1) is 0 Å². The molecule has 0 radical (unpaired) electrons. The Labute approximate surface area is 209 Å². The highest BCUT2D eigenvalue weighted by Gasteiger charge is 2.66. The molecule has 6 rings (SSSR count). The number of primary amides is 1. The highest BCUT2D eigenvalue weighted by molar-refractivity contribution is 6.23. The van der Waals surface area contributed by atoms with E-state index in [0.29, 0.717) is 24.5 Å². The minimum atomic E-state index is -1.05. The number of aliphatic imine (C=N–C) groups is 1. The third kappa shape index (κ3) is 3.51. The van der Waals surface area contributed by atoms with Crippen LogP contribution in [0.15, 0.2) is 34.8 Å².